The highest BCUT2D eigenvalue weighted by atomic mass is 16.5. The third-order valence-electron chi connectivity index (χ3n) is 4.46. The van der Waals surface area contributed by atoms with Crippen LogP contribution in [-0.2, 0) is 6.61 Å². The van der Waals surface area contributed by atoms with Gasteiger partial charge in [0, 0.05) is 37.3 Å². The summed E-state index contributed by atoms with van der Waals surface area (Å²) in [6, 6.07) is 15.2. The van der Waals surface area contributed by atoms with Crippen molar-refractivity contribution in [1.82, 2.24) is 9.80 Å². The minimum Gasteiger partial charge on any atom is -0.496 e. The van der Waals surface area contributed by atoms with Crippen LogP contribution in [0.25, 0.3) is 0 Å². The van der Waals surface area contributed by atoms with Gasteiger partial charge in [0.1, 0.15) is 18.1 Å². The van der Waals surface area contributed by atoms with E-state index in [4.69, 9.17) is 9.47 Å². The average molecular weight is 340 g/mol. The van der Waals surface area contributed by atoms with Gasteiger partial charge in [0.05, 0.1) is 7.11 Å². The Morgan fingerprint density at radius 1 is 1.04 bits per heavy atom. The van der Waals surface area contributed by atoms with Crippen molar-refractivity contribution in [3.8, 4) is 11.5 Å². The molecule has 0 radical (unpaired) electrons. The van der Waals surface area contributed by atoms with Crippen LogP contribution in [0.2, 0.25) is 0 Å². The lowest BCUT2D eigenvalue weighted by atomic mass is 10.1. The van der Waals surface area contributed by atoms with Crippen molar-refractivity contribution in [2.24, 2.45) is 0 Å². The number of hydrogen-bond acceptors (Lipinski definition) is 4. The molecule has 0 unspecified atom stereocenters. The van der Waals surface area contributed by atoms with Crippen LogP contribution in [0.3, 0.4) is 0 Å². The second kappa shape index (κ2) is 8.03. The fourth-order valence-corrected chi connectivity index (χ4v) is 2.89. The van der Waals surface area contributed by atoms with Crippen LogP contribution in [0.15, 0.2) is 48.5 Å². The third-order valence-corrected chi connectivity index (χ3v) is 4.46. The fourth-order valence-electron chi connectivity index (χ4n) is 2.89. The second-order valence-corrected chi connectivity index (χ2v) is 6.22. The molecule has 0 bridgehead atoms. The van der Waals surface area contributed by atoms with E-state index in [9.17, 15) is 4.79 Å². The number of nitrogens with zero attached hydrogens (tertiary/aromatic N) is 2. The first-order chi connectivity index (χ1) is 12.2. The smallest absolute Gasteiger partial charge is 0.253 e. The van der Waals surface area contributed by atoms with Crippen LogP contribution in [0.4, 0.5) is 0 Å². The zero-order chi connectivity index (χ0) is 17.6. The minimum absolute atomic E-state index is 0.0664. The Morgan fingerprint density at radius 3 is 2.44 bits per heavy atom. The summed E-state index contributed by atoms with van der Waals surface area (Å²) in [5, 5.41) is 0. The molecule has 1 aliphatic heterocycles. The molecule has 0 N–H and O–H groups in total. The molecule has 1 amide bonds. The predicted molar refractivity (Wildman–Crippen MR) is 97.2 cm³/mol. The van der Waals surface area contributed by atoms with Crippen LogP contribution >= 0.6 is 0 Å². The predicted octanol–water partition coefficient (Wildman–Crippen LogP) is 2.66. The summed E-state index contributed by atoms with van der Waals surface area (Å²) < 4.78 is 11.2. The van der Waals surface area contributed by atoms with Gasteiger partial charge in [-0.1, -0.05) is 18.2 Å². The number of likely N-dealkylation sites (N-methyl/N-ethyl adjacent to an activating group) is 1. The van der Waals surface area contributed by atoms with Crippen LogP contribution in [0.5, 0.6) is 11.5 Å². The average Bonchev–Trinajstić information content (AvgIpc) is 2.67. The lowest BCUT2D eigenvalue weighted by molar-refractivity contribution is 0.0664. The van der Waals surface area contributed by atoms with E-state index in [0.717, 1.165) is 43.2 Å². The quantitative estimate of drug-likeness (QED) is 0.839. The van der Waals surface area contributed by atoms with Crippen molar-refractivity contribution in [3.63, 3.8) is 0 Å². The number of amides is 1. The Hall–Kier alpha value is -2.53. The number of ether oxygens (including phenoxy) is 2. The van der Waals surface area contributed by atoms with E-state index in [1.165, 1.54) is 0 Å². The van der Waals surface area contributed by atoms with Gasteiger partial charge < -0.3 is 19.3 Å². The number of methoxy groups -OCH3 is 1. The summed E-state index contributed by atoms with van der Waals surface area (Å²) in [5.41, 5.74) is 1.54. The van der Waals surface area contributed by atoms with Gasteiger partial charge in [-0.05, 0) is 37.4 Å². The highest BCUT2D eigenvalue weighted by Crippen LogP contribution is 2.23. The molecule has 3 rings (SSSR count). The Balaban J connectivity index is 1.74. The highest BCUT2D eigenvalue weighted by Gasteiger charge is 2.21. The molecular formula is C20H24N2O3. The van der Waals surface area contributed by atoms with E-state index in [-0.39, 0.29) is 5.91 Å². The molecule has 1 fully saturated rings. The Bertz CT molecular complexity index is 710. The van der Waals surface area contributed by atoms with Crippen LogP contribution in [-0.4, -0.2) is 56.0 Å². The highest BCUT2D eigenvalue weighted by molar-refractivity contribution is 5.94. The minimum atomic E-state index is 0.0664. The van der Waals surface area contributed by atoms with E-state index in [2.05, 4.69) is 11.9 Å². The van der Waals surface area contributed by atoms with E-state index in [1.54, 1.807) is 7.11 Å². The van der Waals surface area contributed by atoms with Crippen LogP contribution in [0, 0.1) is 0 Å². The molecule has 0 saturated carbocycles. The van der Waals surface area contributed by atoms with E-state index >= 15 is 0 Å². The van der Waals surface area contributed by atoms with Gasteiger partial charge in [-0.15, -0.1) is 0 Å². The molecule has 1 saturated heterocycles. The maximum Gasteiger partial charge on any atom is 0.253 e. The number of carbonyl (C=O) groups excluding carboxylic acids is 1. The first-order valence-corrected chi connectivity index (χ1v) is 8.50. The molecule has 5 nitrogen and oxygen atoms in total. The Labute approximate surface area is 148 Å². The summed E-state index contributed by atoms with van der Waals surface area (Å²) in [6.07, 6.45) is 0. The van der Waals surface area contributed by atoms with Gasteiger partial charge in [-0.25, -0.2) is 0 Å². The zero-order valence-electron chi connectivity index (χ0n) is 14.8. The van der Waals surface area contributed by atoms with Crippen molar-refractivity contribution in [1.29, 1.82) is 0 Å². The first kappa shape index (κ1) is 17.3. The lowest BCUT2D eigenvalue weighted by Crippen LogP contribution is -2.47. The molecule has 2 aromatic rings. The number of rotatable bonds is 5. The first-order valence-electron chi connectivity index (χ1n) is 8.50. The van der Waals surface area contributed by atoms with Gasteiger partial charge in [0.25, 0.3) is 5.91 Å². The standard InChI is InChI=1S/C20H24N2O3/c1-21-10-12-22(13-11-21)20(23)16-8-9-19(24-2)17(14-16)15-25-18-6-4-3-5-7-18/h3-9,14H,10-13,15H2,1-2H3. The van der Waals surface area contributed by atoms with Gasteiger partial charge >= 0.3 is 0 Å². The molecule has 5 heteroatoms. The molecule has 1 heterocycles. The Morgan fingerprint density at radius 2 is 1.76 bits per heavy atom. The van der Waals surface area contributed by atoms with Crippen LogP contribution < -0.4 is 9.47 Å². The van der Waals surface area contributed by atoms with Crippen molar-refractivity contribution < 1.29 is 14.3 Å². The van der Waals surface area contributed by atoms with Gasteiger partial charge in [0.15, 0.2) is 0 Å². The maximum absolute atomic E-state index is 12.8. The SMILES string of the molecule is COc1ccc(C(=O)N2CCN(C)CC2)cc1COc1ccccc1. The number of para-hydroxylation sites is 1. The van der Waals surface area contributed by atoms with Crippen LogP contribution in [0.1, 0.15) is 15.9 Å². The lowest BCUT2D eigenvalue weighted by Gasteiger charge is -2.32. The number of carbonyl (C=O) groups is 1. The zero-order valence-corrected chi connectivity index (χ0v) is 14.8. The van der Waals surface area contributed by atoms with Gasteiger partial charge in [0.2, 0.25) is 0 Å². The molecule has 0 aliphatic carbocycles. The van der Waals surface area contributed by atoms with Crippen molar-refractivity contribution in [2.45, 2.75) is 6.61 Å². The largest absolute Gasteiger partial charge is 0.496 e. The Kier molecular flexibility index (Phi) is 5.56. The fraction of sp³-hybridized carbons (Fsp3) is 0.350. The summed E-state index contributed by atoms with van der Waals surface area (Å²) in [7, 11) is 3.71. The van der Waals surface area contributed by atoms with Crippen molar-refractivity contribution in [3.05, 3.63) is 59.7 Å². The van der Waals surface area contributed by atoms with E-state index in [0.29, 0.717) is 12.2 Å². The van der Waals surface area contributed by atoms with Crippen molar-refractivity contribution >= 4 is 5.91 Å². The topological polar surface area (TPSA) is 42.0 Å². The third kappa shape index (κ3) is 4.31. The summed E-state index contributed by atoms with van der Waals surface area (Å²) in [5.74, 6) is 1.59. The molecule has 0 atom stereocenters. The summed E-state index contributed by atoms with van der Waals surface area (Å²) in [6.45, 7) is 3.70. The molecule has 132 valence electrons. The molecule has 1 aliphatic rings. The molecule has 0 spiro atoms. The normalized spacial score (nSPS) is 15.0. The van der Waals surface area contributed by atoms with Gasteiger partial charge in [-0.2, -0.15) is 0 Å². The molecule has 25 heavy (non-hydrogen) atoms. The second-order valence-electron chi connectivity index (χ2n) is 6.22. The summed E-state index contributed by atoms with van der Waals surface area (Å²) >= 11 is 0. The summed E-state index contributed by atoms with van der Waals surface area (Å²) in [4.78, 5) is 16.9. The molecule has 0 aromatic heterocycles. The molecular weight excluding hydrogens is 316 g/mol. The van der Waals surface area contributed by atoms with E-state index < -0.39 is 0 Å². The number of hydrogen-bond donors (Lipinski definition) is 0. The maximum atomic E-state index is 12.8. The van der Waals surface area contributed by atoms with E-state index in [1.807, 2.05) is 53.4 Å². The monoisotopic (exact) mass is 340 g/mol. The van der Waals surface area contributed by atoms with Crippen molar-refractivity contribution in [2.75, 3.05) is 40.3 Å². The number of piperazine rings is 1. The molecule has 2 aromatic carbocycles. The van der Waals surface area contributed by atoms with Gasteiger partial charge in [-0.3, -0.25) is 4.79 Å². The number of benzene rings is 2.